The first-order valence-electron chi connectivity index (χ1n) is 6.80. The molecule has 5 nitrogen and oxygen atoms in total. The van der Waals surface area contributed by atoms with Crippen molar-refractivity contribution in [1.29, 1.82) is 0 Å². The summed E-state index contributed by atoms with van der Waals surface area (Å²) in [5.41, 5.74) is 0.975. The van der Waals surface area contributed by atoms with Crippen LogP contribution in [0, 0.1) is 20.8 Å². The summed E-state index contributed by atoms with van der Waals surface area (Å²) in [6.45, 7) is 7.49. The molecule has 2 rings (SSSR count). The number of rotatable bonds is 4. The highest BCUT2D eigenvalue weighted by atomic mass is 32.1. The number of carbonyl (C=O) groups is 1. The number of thiophene rings is 1. The molecule has 0 aliphatic rings. The lowest BCUT2D eigenvalue weighted by Gasteiger charge is -2.14. The standard InChI is InChI=1S/C15H19N3O2S/c1-8(7-12-6-5-9(2)21-12)16-14(19)13-10(3)11(4)17-18-15(13)20/h5-6,8H,7H2,1-4H3,(H,16,19)(H,18,20). The number of carbonyl (C=O) groups excluding carboxylic acids is 1. The van der Waals surface area contributed by atoms with E-state index in [-0.39, 0.29) is 17.5 Å². The van der Waals surface area contributed by atoms with Crippen LogP contribution >= 0.6 is 11.3 Å². The number of hydrogen-bond acceptors (Lipinski definition) is 4. The quantitative estimate of drug-likeness (QED) is 0.908. The molecule has 2 N–H and O–H groups in total. The molecule has 1 atom stereocenters. The molecule has 0 saturated heterocycles. The third-order valence-corrected chi connectivity index (χ3v) is 4.40. The van der Waals surface area contributed by atoms with Crippen molar-refractivity contribution in [3.05, 3.63) is 49.1 Å². The Balaban J connectivity index is 2.11. The van der Waals surface area contributed by atoms with E-state index in [0.717, 1.165) is 6.42 Å². The third-order valence-electron chi connectivity index (χ3n) is 3.38. The van der Waals surface area contributed by atoms with E-state index in [1.807, 2.05) is 6.92 Å². The van der Waals surface area contributed by atoms with Crippen molar-refractivity contribution >= 4 is 17.2 Å². The van der Waals surface area contributed by atoms with Crippen molar-refractivity contribution in [2.45, 2.75) is 40.2 Å². The fourth-order valence-corrected chi connectivity index (χ4v) is 3.16. The van der Waals surface area contributed by atoms with Gasteiger partial charge in [0, 0.05) is 22.2 Å². The van der Waals surface area contributed by atoms with Crippen molar-refractivity contribution in [3.8, 4) is 0 Å². The average Bonchev–Trinajstić information content (AvgIpc) is 2.79. The smallest absolute Gasteiger partial charge is 0.277 e. The molecule has 112 valence electrons. The summed E-state index contributed by atoms with van der Waals surface area (Å²) in [4.78, 5) is 26.6. The topological polar surface area (TPSA) is 74.8 Å². The molecule has 2 aromatic rings. The first-order valence-corrected chi connectivity index (χ1v) is 7.62. The van der Waals surface area contributed by atoms with Crippen molar-refractivity contribution < 1.29 is 4.79 Å². The van der Waals surface area contributed by atoms with Gasteiger partial charge in [-0.25, -0.2) is 5.10 Å². The lowest BCUT2D eigenvalue weighted by atomic mass is 10.1. The van der Waals surface area contributed by atoms with Crippen LogP contribution in [0.5, 0.6) is 0 Å². The molecule has 0 aliphatic heterocycles. The number of aryl methyl sites for hydroxylation is 2. The molecule has 0 aliphatic carbocycles. The first kappa shape index (κ1) is 15.4. The Kier molecular flexibility index (Phi) is 4.57. The Labute approximate surface area is 127 Å². The van der Waals surface area contributed by atoms with E-state index in [9.17, 15) is 9.59 Å². The highest BCUT2D eigenvalue weighted by Gasteiger charge is 2.18. The zero-order valence-electron chi connectivity index (χ0n) is 12.6. The highest BCUT2D eigenvalue weighted by molar-refractivity contribution is 7.11. The van der Waals surface area contributed by atoms with E-state index in [1.54, 1.807) is 25.2 Å². The molecule has 0 radical (unpaired) electrons. The van der Waals surface area contributed by atoms with E-state index in [2.05, 4.69) is 34.6 Å². The SMILES string of the molecule is Cc1ccc(CC(C)NC(=O)c2c(C)c(C)n[nH]c2=O)s1. The average molecular weight is 305 g/mol. The number of amides is 1. The minimum Gasteiger partial charge on any atom is -0.349 e. The summed E-state index contributed by atoms with van der Waals surface area (Å²) in [5, 5.41) is 9.09. The molecular weight excluding hydrogens is 286 g/mol. The first-order chi connectivity index (χ1) is 9.88. The summed E-state index contributed by atoms with van der Waals surface area (Å²) in [6.07, 6.45) is 0.755. The Morgan fingerprint density at radius 1 is 1.38 bits per heavy atom. The van der Waals surface area contributed by atoms with Crippen LogP contribution in [0.3, 0.4) is 0 Å². The summed E-state index contributed by atoms with van der Waals surface area (Å²) >= 11 is 1.72. The fraction of sp³-hybridized carbons (Fsp3) is 0.400. The van der Waals surface area contributed by atoms with Crippen LogP contribution in [-0.2, 0) is 6.42 Å². The van der Waals surface area contributed by atoms with Crippen LogP contribution in [-0.4, -0.2) is 22.1 Å². The van der Waals surface area contributed by atoms with Crippen molar-refractivity contribution in [2.24, 2.45) is 0 Å². The van der Waals surface area contributed by atoms with E-state index in [1.165, 1.54) is 9.75 Å². The van der Waals surface area contributed by atoms with Crippen molar-refractivity contribution in [3.63, 3.8) is 0 Å². The number of aromatic amines is 1. The minimum atomic E-state index is -0.449. The molecule has 2 aromatic heterocycles. The Morgan fingerprint density at radius 3 is 2.71 bits per heavy atom. The summed E-state index contributed by atoms with van der Waals surface area (Å²) in [7, 11) is 0. The molecular formula is C15H19N3O2S. The van der Waals surface area contributed by atoms with E-state index in [0.29, 0.717) is 11.3 Å². The number of nitrogens with one attached hydrogen (secondary N) is 2. The van der Waals surface area contributed by atoms with E-state index >= 15 is 0 Å². The second kappa shape index (κ2) is 6.22. The van der Waals surface area contributed by atoms with Gasteiger partial charge < -0.3 is 5.32 Å². The zero-order valence-corrected chi connectivity index (χ0v) is 13.4. The molecule has 0 aromatic carbocycles. The molecule has 1 unspecified atom stereocenters. The zero-order chi connectivity index (χ0) is 15.6. The summed E-state index contributed by atoms with van der Waals surface area (Å²) in [5.74, 6) is -0.347. The van der Waals surface area contributed by atoms with Gasteiger partial charge in [-0.3, -0.25) is 9.59 Å². The monoisotopic (exact) mass is 305 g/mol. The normalized spacial score (nSPS) is 12.2. The molecule has 0 spiro atoms. The number of H-pyrrole nitrogens is 1. The lowest BCUT2D eigenvalue weighted by molar-refractivity contribution is 0.0937. The predicted molar refractivity (Wildman–Crippen MR) is 84.0 cm³/mol. The van der Waals surface area contributed by atoms with Crippen LogP contribution in [0.1, 0.15) is 38.3 Å². The molecule has 2 heterocycles. The van der Waals surface area contributed by atoms with Gasteiger partial charge in [-0.1, -0.05) is 0 Å². The van der Waals surface area contributed by atoms with Gasteiger partial charge in [0.1, 0.15) is 5.56 Å². The predicted octanol–water partition coefficient (Wildman–Crippen LogP) is 2.12. The highest BCUT2D eigenvalue weighted by Crippen LogP contribution is 2.16. The number of nitrogens with zero attached hydrogens (tertiary/aromatic N) is 1. The van der Waals surface area contributed by atoms with Crippen LogP contribution in [0.15, 0.2) is 16.9 Å². The van der Waals surface area contributed by atoms with Gasteiger partial charge in [0.15, 0.2) is 0 Å². The van der Waals surface area contributed by atoms with E-state index < -0.39 is 5.56 Å². The van der Waals surface area contributed by atoms with Gasteiger partial charge in [-0.15, -0.1) is 11.3 Å². The molecule has 0 fully saturated rings. The summed E-state index contributed by atoms with van der Waals surface area (Å²) in [6, 6.07) is 4.09. The maximum absolute atomic E-state index is 12.3. The van der Waals surface area contributed by atoms with E-state index in [4.69, 9.17) is 0 Å². The van der Waals surface area contributed by atoms with Crippen LogP contribution in [0.4, 0.5) is 0 Å². The van der Waals surface area contributed by atoms with Gasteiger partial charge in [0.25, 0.3) is 11.5 Å². The minimum absolute atomic E-state index is 0.0391. The molecule has 1 amide bonds. The van der Waals surface area contributed by atoms with Crippen molar-refractivity contribution in [1.82, 2.24) is 15.5 Å². The molecule has 6 heteroatoms. The Hall–Kier alpha value is -1.95. The summed E-state index contributed by atoms with van der Waals surface area (Å²) < 4.78 is 0. The van der Waals surface area contributed by atoms with Gasteiger partial charge in [0.2, 0.25) is 0 Å². The Morgan fingerprint density at radius 2 is 2.10 bits per heavy atom. The van der Waals surface area contributed by atoms with Crippen LogP contribution < -0.4 is 10.9 Å². The maximum Gasteiger partial charge on any atom is 0.277 e. The van der Waals surface area contributed by atoms with Crippen LogP contribution in [0.2, 0.25) is 0 Å². The second-order valence-electron chi connectivity index (χ2n) is 5.23. The lowest BCUT2D eigenvalue weighted by Crippen LogP contribution is -2.38. The van der Waals surface area contributed by atoms with Gasteiger partial charge in [-0.05, 0) is 45.4 Å². The molecule has 0 bridgehead atoms. The number of hydrogen-bond donors (Lipinski definition) is 2. The fourth-order valence-electron chi connectivity index (χ4n) is 2.14. The largest absolute Gasteiger partial charge is 0.349 e. The second-order valence-corrected chi connectivity index (χ2v) is 6.60. The van der Waals surface area contributed by atoms with Crippen LogP contribution in [0.25, 0.3) is 0 Å². The van der Waals surface area contributed by atoms with Gasteiger partial charge in [-0.2, -0.15) is 5.10 Å². The maximum atomic E-state index is 12.3. The Bertz CT molecular complexity index is 718. The van der Waals surface area contributed by atoms with Gasteiger partial charge in [0.05, 0.1) is 5.69 Å². The third kappa shape index (κ3) is 3.58. The molecule has 21 heavy (non-hydrogen) atoms. The number of aromatic nitrogens is 2. The van der Waals surface area contributed by atoms with Crippen molar-refractivity contribution in [2.75, 3.05) is 0 Å². The molecule has 0 saturated carbocycles. The van der Waals surface area contributed by atoms with Gasteiger partial charge >= 0.3 is 0 Å².